The highest BCUT2D eigenvalue weighted by Gasteiger charge is 2.23. The van der Waals surface area contributed by atoms with E-state index in [1.807, 2.05) is 19.1 Å². The maximum absolute atomic E-state index is 12.1. The first kappa shape index (κ1) is 22.5. The zero-order valence-corrected chi connectivity index (χ0v) is 18.7. The van der Waals surface area contributed by atoms with E-state index in [2.05, 4.69) is 33.2 Å². The molecule has 0 saturated carbocycles. The monoisotopic (exact) mass is 468 g/mol. The van der Waals surface area contributed by atoms with Crippen molar-refractivity contribution in [2.24, 2.45) is 4.99 Å². The predicted octanol–water partition coefficient (Wildman–Crippen LogP) is 4.91. The molecule has 0 aliphatic carbocycles. The zero-order valence-electron chi connectivity index (χ0n) is 16.3. The lowest BCUT2D eigenvalue weighted by Crippen LogP contribution is -2.23. The topological polar surface area (TPSA) is 77.0 Å². The SMILES string of the molecule is CCCCCCOc1c(Br)cc(/C=C2/SC(NC(C)=O)=NC2=O)cc1OCC. The number of nitrogens with one attached hydrogen (secondary N) is 1. The van der Waals surface area contributed by atoms with Crippen LogP contribution in [0.25, 0.3) is 6.08 Å². The Morgan fingerprint density at radius 1 is 1.25 bits per heavy atom. The van der Waals surface area contributed by atoms with Crippen LogP contribution in [0.15, 0.2) is 26.5 Å². The van der Waals surface area contributed by atoms with Crippen molar-refractivity contribution in [1.29, 1.82) is 0 Å². The Hall–Kier alpha value is -1.80. The lowest BCUT2D eigenvalue weighted by Gasteiger charge is -2.15. The van der Waals surface area contributed by atoms with Crippen molar-refractivity contribution in [3.8, 4) is 11.5 Å². The first-order valence-corrected chi connectivity index (χ1v) is 10.9. The van der Waals surface area contributed by atoms with Crippen LogP contribution in [-0.2, 0) is 9.59 Å². The molecule has 0 unspecified atom stereocenters. The molecule has 1 heterocycles. The number of unbranched alkanes of at least 4 members (excludes halogenated alkanes) is 3. The van der Waals surface area contributed by atoms with Gasteiger partial charge in [-0.05, 0) is 64.8 Å². The molecule has 6 nitrogen and oxygen atoms in total. The summed E-state index contributed by atoms with van der Waals surface area (Å²) in [7, 11) is 0. The molecular formula is C20H25BrN2O4S. The number of rotatable bonds is 9. The van der Waals surface area contributed by atoms with Gasteiger partial charge in [-0.3, -0.25) is 9.59 Å². The number of halogens is 1. The molecule has 152 valence electrons. The summed E-state index contributed by atoms with van der Waals surface area (Å²) >= 11 is 4.68. The van der Waals surface area contributed by atoms with Gasteiger partial charge >= 0.3 is 0 Å². The maximum atomic E-state index is 12.1. The average Bonchev–Trinajstić information content (AvgIpc) is 2.95. The molecule has 0 saturated heterocycles. The minimum absolute atomic E-state index is 0.262. The Bertz CT molecular complexity index is 793. The van der Waals surface area contributed by atoms with Crippen LogP contribution in [0.2, 0.25) is 0 Å². The second-order valence-electron chi connectivity index (χ2n) is 6.19. The zero-order chi connectivity index (χ0) is 20.5. The van der Waals surface area contributed by atoms with Gasteiger partial charge in [-0.1, -0.05) is 26.2 Å². The largest absolute Gasteiger partial charge is 0.490 e. The van der Waals surface area contributed by atoms with Crippen molar-refractivity contribution in [1.82, 2.24) is 5.32 Å². The lowest BCUT2D eigenvalue weighted by atomic mass is 10.2. The molecule has 1 aromatic carbocycles. The van der Waals surface area contributed by atoms with E-state index in [0.29, 0.717) is 34.8 Å². The molecule has 0 fully saturated rings. The number of amidine groups is 1. The number of benzene rings is 1. The molecule has 1 N–H and O–H groups in total. The van der Waals surface area contributed by atoms with Crippen molar-refractivity contribution < 1.29 is 19.1 Å². The van der Waals surface area contributed by atoms with Crippen molar-refractivity contribution >= 4 is 50.7 Å². The Balaban J connectivity index is 2.16. The van der Waals surface area contributed by atoms with Gasteiger partial charge in [0.25, 0.3) is 5.91 Å². The van der Waals surface area contributed by atoms with Gasteiger partial charge in [0.05, 0.1) is 22.6 Å². The van der Waals surface area contributed by atoms with Crippen LogP contribution in [0, 0.1) is 0 Å². The molecule has 1 aliphatic heterocycles. The van der Waals surface area contributed by atoms with E-state index in [4.69, 9.17) is 9.47 Å². The summed E-state index contributed by atoms with van der Waals surface area (Å²) in [4.78, 5) is 27.5. The number of ether oxygens (including phenoxy) is 2. The van der Waals surface area contributed by atoms with Crippen molar-refractivity contribution in [3.63, 3.8) is 0 Å². The van der Waals surface area contributed by atoms with Crippen LogP contribution < -0.4 is 14.8 Å². The maximum Gasteiger partial charge on any atom is 0.286 e. The van der Waals surface area contributed by atoms with Crippen LogP contribution in [0.4, 0.5) is 0 Å². The van der Waals surface area contributed by atoms with E-state index in [9.17, 15) is 9.59 Å². The van der Waals surface area contributed by atoms with Crippen LogP contribution >= 0.6 is 27.7 Å². The van der Waals surface area contributed by atoms with Gasteiger partial charge in [-0.2, -0.15) is 4.99 Å². The van der Waals surface area contributed by atoms with Gasteiger partial charge in [-0.25, -0.2) is 0 Å². The highest BCUT2D eigenvalue weighted by molar-refractivity contribution is 9.10. The van der Waals surface area contributed by atoms with E-state index in [0.717, 1.165) is 34.6 Å². The van der Waals surface area contributed by atoms with Gasteiger partial charge in [0.15, 0.2) is 16.7 Å². The summed E-state index contributed by atoms with van der Waals surface area (Å²) in [5.74, 6) is 0.653. The summed E-state index contributed by atoms with van der Waals surface area (Å²) in [5, 5.41) is 2.83. The van der Waals surface area contributed by atoms with E-state index in [1.165, 1.54) is 19.8 Å². The molecular weight excluding hydrogens is 444 g/mol. The number of hydrogen-bond acceptors (Lipinski definition) is 5. The summed E-state index contributed by atoms with van der Waals surface area (Å²) in [5.41, 5.74) is 0.781. The number of carbonyl (C=O) groups is 2. The van der Waals surface area contributed by atoms with E-state index in [1.54, 1.807) is 6.08 Å². The number of aliphatic imine (C=N–C) groups is 1. The van der Waals surface area contributed by atoms with Gasteiger partial charge < -0.3 is 14.8 Å². The fourth-order valence-corrected chi connectivity index (χ4v) is 3.98. The van der Waals surface area contributed by atoms with Crippen molar-refractivity contribution in [3.05, 3.63) is 27.1 Å². The fourth-order valence-electron chi connectivity index (χ4n) is 2.54. The van der Waals surface area contributed by atoms with Crippen molar-refractivity contribution in [2.45, 2.75) is 46.5 Å². The molecule has 0 spiro atoms. The fraction of sp³-hybridized carbons (Fsp3) is 0.450. The lowest BCUT2D eigenvalue weighted by molar-refractivity contribution is -0.117. The first-order chi connectivity index (χ1) is 13.4. The Morgan fingerprint density at radius 2 is 2.04 bits per heavy atom. The van der Waals surface area contributed by atoms with Gasteiger partial charge in [0.1, 0.15) is 0 Å². The quantitative estimate of drug-likeness (QED) is 0.411. The summed E-state index contributed by atoms with van der Waals surface area (Å²) in [6.45, 7) is 6.59. The van der Waals surface area contributed by atoms with Gasteiger partial charge in [0, 0.05) is 6.92 Å². The van der Waals surface area contributed by atoms with Crippen LogP contribution in [0.5, 0.6) is 11.5 Å². The van der Waals surface area contributed by atoms with Crippen LogP contribution in [0.1, 0.15) is 52.0 Å². The molecule has 0 radical (unpaired) electrons. The minimum atomic E-state index is -0.376. The van der Waals surface area contributed by atoms with Crippen LogP contribution in [-0.4, -0.2) is 30.2 Å². The molecule has 0 aromatic heterocycles. The first-order valence-electron chi connectivity index (χ1n) is 9.33. The van der Waals surface area contributed by atoms with Crippen LogP contribution in [0.3, 0.4) is 0 Å². The number of carbonyl (C=O) groups excluding carboxylic acids is 2. The molecule has 8 heteroatoms. The smallest absolute Gasteiger partial charge is 0.286 e. The highest BCUT2D eigenvalue weighted by atomic mass is 79.9. The van der Waals surface area contributed by atoms with E-state index in [-0.39, 0.29) is 11.8 Å². The third kappa shape index (κ3) is 6.67. The molecule has 1 aromatic rings. The Labute approximate surface area is 178 Å². The van der Waals surface area contributed by atoms with Gasteiger partial charge in [0.2, 0.25) is 5.91 Å². The summed E-state index contributed by atoms with van der Waals surface area (Å²) < 4.78 is 12.4. The number of thioether (sulfide) groups is 1. The van der Waals surface area contributed by atoms with E-state index >= 15 is 0 Å². The third-order valence-electron chi connectivity index (χ3n) is 3.78. The average molecular weight is 469 g/mol. The minimum Gasteiger partial charge on any atom is -0.490 e. The standard InChI is InChI=1S/C20H25BrN2O4S/c1-4-6-7-8-9-27-18-15(21)10-14(11-16(18)26-5-2)12-17-19(25)23-20(28-17)22-13(3)24/h10-12H,4-9H2,1-3H3,(H,22,23,24,25)/b17-12+. The Kier molecular flexibility index (Phi) is 9.05. The second-order valence-corrected chi connectivity index (χ2v) is 8.07. The van der Waals surface area contributed by atoms with E-state index < -0.39 is 0 Å². The molecule has 0 bridgehead atoms. The predicted molar refractivity (Wildman–Crippen MR) is 117 cm³/mol. The number of hydrogen-bond donors (Lipinski definition) is 1. The second kappa shape index (κ2) is 11.3. The molecule has 2 rings (SSSR count). The molecule has 0 atom stereocenters. The third-order valence-corrected chi connectivity index (χ3v) is 5.27. The van der Waals surface area contributed by atoms with Gasteiger partial charge in [-0.15, -0.1) is 0 Å². The van der Waals surface area contributed by atoms with Crippen molar-refractivity contribution in [2.75, 3.05) is 13.2 Å². The summed E-state index contributed by atoms with van der Waals surface area (Å²) in [6, 6.07) is 3.72. The summed E-state index contributed by atoms with van der Waals surface area (Å²) in [6.07, 6.45) is 6.23. The Morgan fingerprint density at radius 3 is 2.71 bits per heavy atom. The number of nitrogens with zero attached hydrogens (tertiary/aromatic N) is 1. The molecule has 2 amide bonds. The normalized spacial score (nSPS) is 14.9. The molecule has 28 heavy (non-hydrogen) atoms. The molecule has 1 aliphatic rings. The number of amides is 2. The highest BCUT2D eigenvalue weighted by Crippen LogP contribution is 2.38.